The van der Waals surface area contributed by atoms with Crippen LogP contribution < -0.4 is 11.1 Å². The molecule has 0 saturated heterocycles. The van der Waals surface area contributed by atoms with E-state index in [9.17, 15) is 9.59 Å². The summed E-state index contributed by atoms with van der Waals surface area (Å²) in [6.45, 7) is 5.37. The highest BCUT2D eigenvalue weighted by Gasteiger charge is 2.24. The smallest absolute Gasteiger partial charge is 0.408 e. The fraction of sp³-hybridized carbons (Fsp3) is 0.438. The lowest BCUT2D eigenvalue weighted by Gasteiger charge is -2.22. The van der Waals surface area contributed by atoms with Crippen molar-refractivity contribution in [1.29, 1.82) is 0 Å². The van der Waals surface area contributed by atoms with Gasteiger partial charge in [-0.2, -0.15) is 0 Å². The van der Waals surface area contributed by atoms with Crippen molar-refractivity contribution < 1.29 is 19.1 Å². The van der Waals surface area contributed by atoms with E-state index in [2.05, 4.69) is 5.32 Å². The van der Waals surface area contributed by atoms with Crippen LogP contribution in [0.25, 0.3) is 0 Å². The number of rotatable bonds is 6. The van der Waals surface area contributed by atoms with Crippen molar-refractivity contribution in [3.63, 3.8) is 0 Å². The summed E-state index contributed by atoms with van der Waals surface area (Å²) >= 11 is 4.87. The van der Waals surface area contributed by atoms with Gasteiger partial charge in [-0.1, -0.05) is 42.5 Å². The van der Waals surface area contributed by atoms with Crippen molar-refractivity contribution in [3.8, 4) is 0 Å². The Morgan fingerprint density at radius 2 is 1.87 bits per heavy atom. The quantitative estimate of drug-likeness (QED) is 0.611. The molecule has 0 unspecified atom stereocenters. The molecule has 7 heteroatoms. The van der Waals surface area contributed by atoms with Gasteiger partial charge in [0.1, 0.15) is 12.2 Å². The lowest BCUT2D eigenvalue weighted by Crippen LogP contribution is -2.45. The van der Waals surface area contributed by atoms with E-state index in [0.29, 0.717) is 0 Å². The van der Waals surface area contributed by atoms with E-state index in [-0.39, 0.29) is 18.0 Å². The van der Waals surface area contributed by atoms with Crippen LogP contribution in [0.4, 0.5) is 4.79 Å². The molecule has 0 aliphatic heterocycles. The lowest BCUT2D eigenvalue weighted by molar-refractivity contribution is -0.154. The van der Waals surface area contributed by atoms with Gasteiger partial charge in [0, 0.05) is 0 Å². The molecule has 0 heterocycles. The Morgan fingerprint density at radius 1 is 1.26 bits per heavy atom. The van der Waals surface area contributed by atoms with Gasteiger partial charge in [0.15, 0.2) is 0 Å². The van der Waals surface area contributed by atoms with Crippen LogP contribution in [-0.4, -0.2) is 28.7 Å². The van der Waals surface area contributed by atoms with E-state index in [1.807, 2.05) is 30.3 Å². The van der Waals surface area contributed by atoms with Crippen LogP contribution >= 0.6 is 12.2 Å². The third kappa shape index (κ3) is 8.15. The molecule has 23 heavy (non-hydrogen) atoms. The average molecular weight is 338 g/mol. The van der Waals surface area contributed by atoms with E-state index in [1.54, 1.807) is 20.8 Å². The summed E-state index contributed by atoms with van der Waals surface area (Å²) in [7, 11) is 0. The Labute approximate surface area is 141 Å². The topological polar surface area (TPSA) is 90.6 Å². The summed E-state index contributed by atoms with van der Waals surface area (Å²) in [5, 5.41) is 2.48. The van der Waals surface area contributed by atoms with Crippen molar-refractivity contribution in [3.05, 3.63) is 35.9 Å². The first-order valence-corrected chi connectivity index (χ1v) is 7.56. The van der Waals surface area contributed by atoms with E-state index < -0.39 is 23.7 Å². The predicted octanol–water partition coefficient (Wildman–Crippen LogP) is 2.30. The number of benzene rings is 1. The Morgan fingerprint density at radius 3 is 2.39 bits per heavy atom. The van der Waals surface area contributed by atoms with Gasteiger partial charge >= 0.3 is 12.1 Å². The number of alkyl carbamates (subject to hydrolysis) is 1. The number of thiocarbonyl (C=S) groups is 1. The summed E-state index contributed by atoms with van der Waals surface area (Å²) in [6.07, 6.45) is -0.845. The first-order chi connectivity index (χ1) is 10.7. The van der Waals surface area contributed by atoms with Crippen molar-refractivity contribution in [2.45, 2.75) is 45.4 Å². The molecular weight excluding hydrogens is 316 g/mol. The molecule has 126 valence electrons. The molecule has 0 bridgehead atoms. The SMILES string of the molecule is CC(C)(C)OC(=O)C[C@H](NC(=O)OCc1ccccc1)C(N)=S. The van der Waals surface area contributed by atoms with Crippen molar-refractivity contribution in [2.75, 3.05) is 0 Å². The van der Waals surface area contributed by atoms with Crippen LogP contribution in [0.15, 0.2) is 30.3 Å². The van der Waals surface area contributed by atoms with E-state index in [0.717, 1.165) is 5.56 Å². The number of amides is 1. The fourth-order valence-corrected chi connectivity index (χ4v) is 1.82. The highest BCUT2D eigenvalue weighted by molar-refractivity contribution is 7.80. The minimum Gasteiger partial charge on any atom is -0.460 e. The van der Waals surface area contributed by atoms with Crippen LogP contribution in [0.3, 0.4) is 0 Å². The minimum absolute atomic E-state index is 0.00693. The van der Waals surface area contributed by atoms with E-state index in [1.165, 1.54) is 0 Å². The highest BCUT2D eigenvalue weighted by Crippen LogP contribution is 2.10. The normalized spacial score (nSPS) is 12.1. The molecule has 1 rings (SSSR count). The second-order valence-electron chi connectivity index (χ2n) is 5.95. The lowest BCUT2D eigenvalue weighted by atomic mass is 10.1. The molecule has 0 saturated carbocycles. The number of nitrogens with one attached hydrogen (secondary N) is 1. The molecule has 6 nitrogen and oxygen atoms in total. The minimum atomic E-state index is -0.817. The van der Waals surface area contributed by atoms with Gasteiger partial charge in [-0.05, 0) is 26.3 Å². The molecule has 0 aromatic heterocycles. The van der Waals surface area contributed by atoms with Crippen molar-refractivity contribution in [1.82, 2.24) is 5.32 Å². The molecule has 1 amide bonds. The number of hydrogen-bond acceptors (Lipinski definition) is 5. The molecule has 1 atom stereocenters. The summed E-state index contributed by atoms with van der Waals surface area (Å²) < 4.78 is 10.3. The number of hydrogen-bond donors (Lipinski definition) is 2. The third-order valence-electron chi connectivity index (χ3n) is 2.64. The highest BCUT2D eigenvalue weighted by atomic mass is 32.1. The van der Waals surface area contributed by atoms with Crippen LogP contribution in [0.1, 0.15) is 32.8 Å². The second kappa shape index (κ2) is 8.47. The Balaban J connectivity index is 2.50. The maximum atomic E-state index is 11.8. The zero-order valence-corrected chi connectivity index (χ0v) is 14.3. The number of carbonyl (C=O) groups is 2. The van der Waals surface area contributed by atoms with Gasteiger partial charge in [0.25, 0.3) is 0 Å². The predicted molar refractivity (Wildman–Crippen MR) is 90.8 cm³/mol. The summed E-state index contributed by atoms with van der Waals surface area (Å²) in [4.78, 5) is 23.6. The summed E-state index contributed by atoms with van der Waals surface area (Å²) in [5.74, 6) is -0.501. The zero-order valence-electron chi connectivity index (χ0n) is 13.5. The zero-order chi connectivity index (χ0) is 17.5. The van der Waals surface area contributed by atoms with Crippen LogP contribution in [0.2, 0.25) is 0 Å². The summed E-state index contributed by atoms with van der Waals surface area (Å²) in [5.41, 5.74) is 5.79. The van der Waals surface area contributed by atoms with Crippen molar-refractivity contribution in [2.24, 2.45) is 5.73 Å². The Hall–Kier alpha value is -2.15. The third-order valence-corrected chi connectivity index (χ3v) is 2.92. The standard InChI is InChI=1S/C16H22N2O4S/c1-16(2,3)22-13(19)9-12(14(17)23)18-15(20)21-10-11-7-5-4-6-8-11/h4-8,12H,9-10H2,1-3H3,(H2,17,23)(H,18,20)/t12-/m0/s1. The maximum Gasteiger partial charge on any atom is 0.408 e. The van der Waals surface area contributed by atoms with Crippen LogP contribution in [0.5, 0.6) is 0 Å². The van der Waals surface area contributed by atoms with Gasteiger partial charge < -0.3 is 20.5 Å². The molecule has 0 fully saturated rings. The molecule has 0 spiro atoms. The molecule has 0 aliphatic carbocycles. The van der Waals surface area contributed by atoms with E-state index >= 15 is 0 Å². The molecule has 3 N–H and O–H groups in total. The first kappa shape index (κ1) is 18.9. The van der Waals surface area contributed by atoms with Gasteiger partial charge in [-0.15, -0.1) is 0 Å². The largest absolute Gasteiger partial charge is 0.460 e. The van der Waals surface area contributed by atoms with Gasteiger partial charge in [0.05, 0.1) is 17.5 Å². The molecule has 1 aromatic carbocycles. The van der Waals surface area contributed by atoms with Gasteiger partial charge in [0.2, 0.25) is 0 Å². The maximum absolute atomic E-state index is 11.8. The average Bonchev–Trinajstić information content (AvgIpc) is 2.43. The molecule has 0 aliphatic rings. The fourth-order valence-electron chi connectivity index (χ4n) is 1.68. The first-order valence-electron chi connectivity index (χ1n) is 7.16. The van der Waals surface area contributed by atoms with Crippen molar-refractivity contribution >= 4 is 29.3 Å². The van der Waals surface area contributed by atoms with Crippen LogP contribution in [0, 0.1) is 0 Å². The number of carbonyl (C=O) groups excluding carboxylic acids is 2. The Kier molecular flexibility index (Phi) is 6.96. The van der Waals surface area contributed by atoms with Gasteiger partial charge in [-0.3, -0.25) is 4.79 Å². The monoisotopic (exact) mass is 338 g/mol. The number of ether oxygens (including phenoxy) is 2. The molecular formula is C16H22N2O4S. The second-order valence-corrected chi connectivity index (χ2v) is 6.42. The number of nitrogens with two attached hydrogens (primary N) is 1. The van der Waals surface area contributed by atoms with Gasteiger partial charge in [-0.25, -0.2) is 4.79 Å². The van der Waals surface area contributed by atoms with Crippen LogP contribution in [-0.2, 0) is 20.9 Å². The molecule has 1 aromatic rings. The number of esters is 1. The Bertz CT molecular complexity index is 555. The molecule has 0 radical (unpaired) electrons. The summed E-state index contributed by atoms with van der Waals surface area (Å²) in [6, 6.07) is 8.40. The van der Waals surface area contributed by atoms with E-state index in [4.69, 9.17) is 27.4 Å².